The zero-order chi connectivity index (χ0) is 18.7. The predicted octanol–water partition coefficient (Wildman–Crippen LogP) is 4.41. The third-order valence-electron chi connectivity index (χ3n) is 4.00. The average molecular weight is 343 g/mol. The molecule has 0 aromatic carbocycles. The Hall–Kier alpha value is -2.63. The lowest BCUT2D eigenvalue weighted by Crippen LogP contribution is -2.17. The molecule has 25 heavy (non-hydrogen) atoms. The topological polar surface area (TPSA) is 84.3 Å². The first-order chi connectivity index (χ1) is 11.7. The highest BCUT2D eigenvalue weighted by atomic mass is 16.5. The van der Waals surface area contributed by atoms with E-state index < -0.39 is 5.97 Å². The molecule has 0 saturated carbocycles. The quantitative estimate of drug-likeness (QED) is 0.808. The number of aromatic nitrogens is 2. The Kier molecular flexibility index (Phi) is 5.62. The molecule has 2 heterocycles. The maximum absolute atomic E-state index is 11.9. The summed E-state index contributed by atoms with van der Waals surface area (Å²) in [6.07, 6.45) is 0.872. The molecule has 0 aliphatic heterocycles. The van der Waals surface area contributed by atoms with Gasteiger partial charge in [-0.3, -0.25) is 4.98 Å². The minimum absolute atomic E-state index is 0.0327. The summed E-state index contributed by atoms with van der Waals surface area (Å²) in [6, 6.07) is 3.77. The van der Waals surface area contributed by atoms with Crippen molar-refractivity contribution in [3.8, 4) is 11.6 Å². The summed E-state index contributed by atoms with van der Waals surface area (Å²) in [5, 5.41) is 12.9. The molecule has 2 aromatic rings. The normalized spacial score (nSPS) is 11.9. The number of hydrogen-bond donors (Lipinski definition) is 2. The van der Waals surface area contributed by atoms with Crippen LogP contribution in [0.1, 0.15) is 53.3 Å². The number of aryl methyl sites for hydroxylation is 4. The van der Waals surface area contributed by atoms with Gasteiger partial charge >= 0.3 is 5.97 Å². The first kappa shape index (κ1) is 18.7. The van der Waals surface area contributed by atoms with Crippen LogP contribution in [0.4, 0.5) is 5.69 Å². The number of nitrogens with zero attached hydrogens (tertiary/aromatic N) is 2. The Bertz CT molecular complexity index is 780. The second kappa shape index (κ2) is 7.51. The fourth-order valence-corrected chi connectivity index (χ4v) is 2.67. The number of nitrogens with one attached hydrogen (secondary N) is 1. The van der Waals surface area contributed by atoms with E-state index in [0.29, 0.717) is 22.8 Å². The summed E-state index contributed by atoms with van der Waals surface area (Å²) in [6.45, 7) is 11.5. The molecule has 0 fully saturated rings. The van der Waals surface area contributed by atoms with Gasteiger partial charge in [0.2, 0.25) is 5.88 Å². The zero-order valence-corrected chi connectivity index (χ0v) is 15.6. The van der Waals surface area contributed by atoms with Crippen LogP contribution in [0.15, 0.2) is 12.1 Å². The fourth-order valence-electron chi connectivity index (χ4n) is 2.67. The van der Waals surface area contributed by atoms with Gasteiger partial charge in [-0.15, -0.1) is 0 Å². The van der Waals surface area contributed by atoms with Gasteiger partial charge in [-0.25, -0.2) is 9.78 Å². The van der Waals surface area contributed by atoms with Crippen molar-refractivity contribution < 1.29 is 14.6 Å². The minimum atomic E-state index is -1.08. The molecular formula is C19H25N3O3. The number of anilines is 1. The Labute approximate surface area is 148 Å². The van der Waals surface area contributed by atoms with E-state index in [4.69, 9.17) is 4.74 Å². The van der Waals surface area contributed by atoms with E-state index in [-0.39, 0.29) is 17.5 Å². The van der Waals surface area contributed by atoms with Crippen LogP contribution < -0.4 is 10.1 Å². The van der Waals surface area contributed by atoms with Crippen molar-refractivity contribution in [1.82, 2.24) is 9.97 Å². The molecule has 2 aromatic heterocycles. The monoisotopic (exact) mass is 343 g/mol. The van der Waals surface area contributed by atoms with Crippen LogP contribution in [-0.2, 0) is 0 Å². The summed E-state index contributed by atoms with van der Waals surface area (Å²) in [5.41, 5.74) is 3.71. The maximum atomic E-state index is 11.9. The number of hydrogen-bond acceptors (Lipinski definition) is 5. The van der Waals surface area contributed by atoms with Crippen LogP contribution in [-0.4, -0.2) is 27.1 Å². The third-order valence-corrected chi connectivity index (χ3v) is 4.00. The van der Waals surface area contributed by atoms with E-state index in [0.717, 1.165) is 17.7 Å². The number of carbonyl (C=O) groups is 1. The van der Waals surface area contributed by atoms with E-state index in [9.17, 15) is 9.90 Å². The molecule has 0 amide bonds. The van der Waals surface area contributed by atoms with Crippen molar-refractivity contribution in [2.75, 3.05) is 5.32 Å². The first-order valence-electron chi connectivity index (χ1n) is 8.37. The zero-order valence-electron chi connectivity index (χ0n) is 15.6. The molecule has 0 aliphatic carbocycles. The van der Waals surface area contributed by atoms with Crippen LogP contribution in [0.5, 0.6) is 11.6 Å². The molecule has 134 valence electrons. The lowest BCUT2D eigenvalue weighted by atomic mass is 10.1. The highest BCUT2D eigenvalue weighted by Gasteiger charge is 2.22. The van der Waals surface area contributed by atoms with Crippen molar-refractivity contribution in [3.05, 3.63) is 40.3 Å². The Morgan fingerprint density at radius 1 is 1.20 bits per heavy atom. The number of aromatic carboxylic acids is 1. The molecular weight excluding hydrogens is 318 g/mol. The largest absolute Gasteiger partial charge is 0.477 e. The third kappa shape index (κ3) is 4.26. The Balaban J connectivity index is 2.56. The summed E-state index contributed by atoms with van der Waals surface area (Å²) >= 11 is 0. The van der Waals surface area contributed by atoms with Crippen LogP contribution in [0.2, 0.25) is 0 Å². The summed E-state index contributed by atoms with van der Waals surface area (Å²) < 4.78 is 5.93. The van der Waals surface area contributed by atoms with Gasteiger partial charge < -0.3 is 15.2 Å². The van der Waals surface area contributed by atoms with Gasteiger partial charge in [0.1, 0.15) is 5.56 Å². The van der Waals surface area contributed by atoms with Crippen LogP contribution in [0.3, 0.4) is 0 Å². The molecule has 1 atom stereocenters. The maximum Gasteiger partial charge on any atom is 0.343 e. The van der Waals surface area contributed by atoms with Gasteiger partial charge in [0.05, 0.1) is 11.4 Å². The van der Waals surface area contributed by atoms with E-state index in [1.807, 2.05) is 47.6 Å². The summed E-state index contributed by atoms with van der Waals surface area (Å²) in [4.78, 5) is 20.6. The second-order valence-electron chi connectivity index (χ2n) is 6.35. The molecule has 2 rings (SSSR count). The molecule has 0 bridgehead atoms. The van der Waals surface area contributed by atoms with Gasteiger partial charge in [-0.05, 0) is 58.7 Å². The second-order valence-corrected chi connectivity index (χ2v) is 6.35. The van der Waals surface area contributed by atoms with Gasteiger partial charge in [0, 0.05) is 17.4 Å². The van der Waals surface area contributed by atoms with Crippen molar-refractivity contribution in [2.24, 2.45) is 0 Å². The predicted molar refractivity (Wildman–Crippen MR) is 97.8 cm³/mol. The molecule has 0 radical (unpaired) electrons. The summed E-state index contributed by atoms with van der Waals surface area (Å²) in [7, 11) is 0. The van der Waals surface area contributed by atoms with Crippen LogP contribution in [0.25, 0.3) is 0 Å². The van der Waals surface area contributed by atoms with E-state index in [2.05, 4.69) is 15.3 Å². The molecule has 0 saturated heterocycles. The number of pyridine rings is 2. The van der Waals surface area contributed by atoms with Gasteiger partial charge in [-0.1, -0.05) is 6.92 Å². The lowest BCUT2D eigenvalue weighted by molar-refractivity contribution is 0.0694. The molecule has 0 spiro atoms. The highest BCUT2D eigenvalue weighted by Crippen LogP contribution is 2.33. The fraction of sp³-hybridized carbons (Fsp3) is 0.421. The highest BCUT2D eigenvalue weighted by molar-refractivity contribution is 5.97. The Morgan fingerprint density at radius 3 is 2.40 bits per heavy atom. The van der Waals surface area contributed by atoms with E-state index >= 15 is 0 Å². The van der Waals surface area contributed by atoms with E-state index in [1.54, 1.807) is 6.07 Å². The number of carboxylic acids is 1. The molecule has 6 heteroatoms. The molecule has 0 aliphatic rings. The van der Waals surface area contributed by atoms with Crippen LogP contribution >= 0.6 is 0 Å². The van der Waals surface area contributed by atoms with Crippen molar-refractivity contribution >= 4 is 11.7 Å². The molecule has 1 unspecified atom stereocenters. The van der Waals surface area contributed by atoms with Crippen LogP contribution in [0, 0.1) is 27.7 Å². The minimum Gasteiger partial charge on any atom is -0.477 e. The van der Waals surface area contributed by atoms with Crippen molar-refractivity contribution in [1.29, 1.82) is 0 Å². The SMILES string of the molecule is CCC(C)Nc1cc(C)nc(Oc2c(C)cc(C)nc2C)c1C(=O)O. The lowest BCUT2D eigenvalue weighted by Gasteiger charge is -2.19. The van der Waals surface area contributed by atoms with E-state index in [1.165, 1.54) is 0 Å². The number of rotatable bonds is 6. The first-order valence-corrected chi connectivity index (χ1v) is 8.37. The summed E-state index contributed by atoms with van der Waals surface area (Å²) in [5.74, 6) is -0.459. The number of carboxylic acid groups (broad SMARTS) is 1. The standard InChI is InChI=1S/C19H25N3O3/c1-7-11(3)21-15-9-13(5)22-18(16(15)19(23)24)25-17-10(2)8-12(4)20-14(17)6/h8-9,11H,7H2,1-6H3,(H,21,22)(H,23,24). The van der Waals surface area contributed by atoms with Crippen molar-refractivity contribution in [3.63, 3.8) is 0 Å². The van der Waals surface area contributed by atoms with Gasteiger partial charge in [-0.2, -0.15) is 0 Å². The van der Waals surface area contributed by atoms with Gasteiger partial charge in [0.25, 0.3) is 0 Å². The molecule has 6 nitrogen and oxygen atoms in total. The smallest absolute Gasteiger partial charge is 0.343 e. The number of ether oxygens (including phenoxy) is 1. The van der Waals surface area contributed by atoms with Crippen molar-refractivity contribution in [2.45, 2.75) is 54.0 Å². The molecule has 2 N–H and O–H groups in total. The van der Waals surface area contributed by atoms with Gasteiger partial charge in [0.15, 0.2) is 5.75 Å². The average Bonchev–Trinajstić information content (AvgIpc) is 2.49. The Morgan fingerprint density at radius 2 is 1.84 bits per heavy atom.